The van der Waals surface area contributed by atoms with E-state index in [4.69, 9.17) is 17.3 Å². The number of anilines is 1. The van der Waals surface area contributed by atoms with E-state index in [1.807, 2.05) is 6.07 Å². The van der Waals surface area contributed by atoms with Gasteiger partial charge in [-0.25, -0.2) is 14.1 Å². The van der Waals surface area contributed by atoms with Crippen molar-refractivity contribution in [3.8, 4) is 11.1 Å². The third-order valence-electron chi connectivity index (χ3n) is 7.59. The first kappa shape index (κ1) is 26.6. The number of urea groups is 1. The summed E-state index contributed by atoms with van der Waals surface area (Å²) in [6, 6.07) is 11.1. The number of imide groups is 1. The van der Waals surface area contributed by atoms with Gasteiger partial charge in [-0.2, -0.15) is 4.99 Å². The van der Waals surface area contributed by atoms with Gasteiger partial charge in [-0.3, -0.25) is 9.59 Å². The first-order valence-corrected chi connectivity index (χ1v) is 13.2. The number of aliphatic imine (C=N–C) groups is 1. The van der Waals surface area contributed by atoms with Crippen molar-refractivity contribution in [3.05, 3.63) is 88.2 Å². The lowest BCUT2D eigenvalue weighted by Crippen LogP contribution is -2.47. The average Bonchev–Trinajstić information content (AvgIpc) is 3.28. The number of primary amides is 1. The number of aromatic amines is 1. The summed E-state index contributed by atoms with van der Waals surface area (Å²) in [5, 5.41) is 12.1. The van der Waals surface area contributed by atoms with Gasteiger partial charge < -0.3 is 15.8 Å². The van der Waals surface area contributed by atoms with Gasteiger partial charge in [-0.1, -0.05) is 48.0 Å². The molecule has 10 heteroatoms. The maximum absolute atomic E-state index is 14.3. The van der Waals surface area contributed by atoms with E-state index < -0.39 is 35.2 Å². The van der Waals surface area contributed by atoms with Gasteiger partial charge in [-0.05, 0) is 61.7 Å². The monoisotopic (exact) mass is 570 g/mol. The first-order chi connectivity index (χ1) is 19.4. The number of nitrogens with two attached hydrogens (primary N) is 1. The summed E-state index contributed by atoms with van der Waals surface area (Å²) in [6.45, 7) is 5.09. The molecule has 0 radical (unpaired) electrons. The fraction of sp³-hybridized carbons (Fsp3) is 0.161. The number of carbonyl (C=O) groups is 3. The number of hydrogen-bond donors (Lipinski definition) is 3. The van der Waals surface area contributed by atoms with Crippen LogP contribution in [-0.4, -0.2) is 33.6 Å². The van der Waals surface area contributed by atoms with E-state index in [-0.39, 0.29) is 22.0 Å². The van der Waals surface area contributed by atoms with Crippen molar-refractivity contribution in [3.63, 3.8) is 0 Å². The van der Waals surface area contributed by atoms with Crippen LogP contribution in [0.15, 0.2) is 71.5 Å². The van der Waals surface area contributed by atoms with Gasteiger partial charge in [0.2, 0.25) is 5.91 Å². The molecule has 6 rings (SSSR count). The number of benzene rings is 3. The van der Waals surface area contributed by atoms with Crippen molar-refractivity contribution < 1.29 is 23.9 Å². The van der Waals surface area contributed by atoms with Crippen molar-refractivity contribution in [2.75, 3.05) is 4.90 Å². The van der Waals surface area contributed by atoms with Gasteiger partial charge in [0.05, 0.1) is 28.1 Å². The summed E-state index contributed by atoms with van der Waals surface area (Å²) in [7, 11) is 0. The molecule has 0 saturated carbocycles. The molecule has 2 aliphatic rings. The highest BCUT2D eigenvalue weighted by atomic mass is 35.5. The van der Waals surface area contributed by atoms with Crippen LogP contribution in [0.4, 0.5) is 14.9 Å². The van der Waals surface area contributed by atoms with Crippen molar-refractivity contribution in [2.24, 2.45) is 16.6 Å². The summed E-state index contributed by atoms with van der Waals surface area (Å²) in [6.07, 6.45) is 4.08. The van der Waals surface area contributed by atoms with Crippen LogP contribution >= 0.6 is 11.6 Å². The standard InChI is InChI=1S/C31H24ClFN4O4/c1-14-16(6-5-9-23(14)37-29(39)18-7-4-8-21(33)26(18)36-30(37)40)24-20(32)13-19(28(34)38)27-25(24)17-11-10-15(31(2,3)41)12-22(17)35-27/h4-13,18,35,41H,1-3H3,(H2,34,38). The number of halogens is 2. The van der Waals surface area contributed by atoms with Gasteiger partial charge in [0.15, 0.2) is 0 Å². The number of nitrogens with zero attached hydrogens (tertiary/aromatic N) is 2. The van der Waals surface area contributed by atoms with Crippen LogP contribution in [0.2, 0.25) is 5.02 Å². The lowest BCUT2D eigenvalue weighted by molar-refractivity contribution is -0.118. The molecule has 0 bridgehead atoms. The molecule has 1 aliphatic heterocycles. The Bertz CT molecular complexity index is 1950. The average molecular weight is 571 g/mol. The van der Waals surface area contributed by atoms with Gasteiger partial charge in [0.1, 0.15) is 11.7 Å². The van der Waals surface area contributed by atoms with E-state index >= 15 is 0 Å². The summed E-state index contributed by atoms with van der Waals surface area (Å²) in [5.41, 5.74) is 8.34. The molecule has 1 unspecified atom stereocenters. The van der Waals surface area contributed by atoms with Gasteiger partial charge >= 0.3 is 6.03 Å². The van der Waals surface area contributed by atoms with E-state index in [9.17, 15) is 23.9 Å². The van der Waals surface area contributed by atoms with E-state index in [1.165, 1.54) is 18.2 Å². The molecule has 4 aromatic rings. The van der Waals surface area contributed by atoms with E-state index in [0.717, 1.165) is 16.4 Å². The highest BCUT2D eigenvalue weighted by Gasteiger charge is 2.40. The second kappa shape index (κ2) is 9.22. The fourth-order valence-electron chi connectivity index (χ4n) is 5.53. The zero-order valence-electron chi connectivity index (χ0n) is 22.3. The lowest BCUT2D eigenvalue weighted by atomic mass is 9.91. The maximum Gasteiger partial charge on any atom is 0.355 e. The highest BCUT2D eigenvalue weighted by molar-refractivity contribution is 6.38. The maximum atomic E-state index is 14.3. The first-order valence-electron chi connectivity index (χ1n) is 12.8. The SMILES string of the molecule is Cc1c(-c2c(Cl)cc(C(N)=O)c3[nH]c4cc(C(C)(C)O)ccc4c23)cccc1N1C(=O)N=C2C(F)=CC=CC2C1=O. The van der Waals surface area contributed by atoms with E-state index in [1.54, 1.807) is 51.1 Å². The Balaban J connectivity index is 1.60. The van der Waals surface area contributed by atoms with Crippen molar-refractivity contribution in [1.82, 2.24) is 4.98 Å². The normalized spacial score (nSPS) is 17.2. The Morgan fingerprint density at radius 1 is 1.20 bits per heavy atom. The minimum absolute atomic E-state index is 0.186. The van der Waals surface area contributed by atoms with Gasteiger partial charge in [0.25, 0.3) is 5.91 Å². The molecule has 1 atom stereocenters. The van der Waals surface area contributed by atoms with E-state index in [0.29, 0.717) is 38.7 Å². The second-order valence-electron chi connectivity index (χ2n) is 10.6. The summed E-state index contributed by atoms with van der Waals surface area (Å²) in [4.78, 5) is 47.0. The Kier molecular flexibility index (Phi) is 5.99. The number of allylic oxidation sites excluding steroid dienone is 3. The molecule has 41 heavy (non-hydrogen) atoms. The van der Waals surface area contributed by atoms with Crippen molar-refractivity contribution in [2.45, 2.75) is 26.4 Å². The number of H-pyrrole nitrogens is 1. The third kappa shape index (κ3) is 4.08. The second-order valence-corrected chi connectivity index (χ2v) is 11.0. The van der Waals surface area contributed by atoms with Crippen LogP contribution in [0, 0.1) is 12.8 Å². The lowest BCUT2D eigenvalue weighted by Gasteiger charge is -2.30. The minimum Gasteiger partial charge on any atom is -0.386 e. The quantitative estimate of drug-likeness (QED) is 0.269. The number of rotatable bonds is 4. The van der Waals surface area contributed by atoms with Crippen LogP contribution in [0.5, 0.6) is 0 Å². The largest absolute Gasteiger partial charge is 0.386 e. The smallest absolute Gasteiger partial charge is 0.355 e. The summed E-state index contributed by atoms with van der Waals surface area (Å²) >= 11 is 6.83. The third-order valence-corrected chi connectivity index (χ3v) is 7.89. The molecular weight excluding hydrogens is 547 g/mol. The van der Waals surface area contributed by atoms with Crippen molar-refractivity contribution >= 4 is 62.7 Å². The Labute approximate surface area is 238 Å². The Morgan fingerprint density at radius 2 is 1.95 bits per heavy atom. The fourth-order valence-corrected chi connectivity index (χ4v) is 5.84. The number of aliphatic hydroxyl groups is 1. The molecule has 0 saturated heterocycles. The number of aromatic nitrogens is 1. The number of nitrogens with one attached hydrogen (secondary N) is 1. The molecule has 4 amide bonds. The number of carbonyl (C=O) groups excluding carboxylic acids is 3. The molecule has 3 aromatic carbocycles. The summed E-state index contributed by atoms with van der Waals surface area (Å²) in [5.74, 6) is -3.04. The molecule has 1 aliphatic carbocycles. The molecule has 2 heterocycles. The highest BCUT2D eigenvalue weighted by Crippen LogP contribution is 2.45. The Morgan fingerprint density at radius 3 is 2.66 bits per heavy atom. The molecule has 8 nitrogen and oxygen atoms in total. The van der Waals surface area contributed by atoms with Crippen LogP contribution in [0.3, 0.4) is 0 Å². The number of fused-ring (bicyclic) bond motifs is 4. The predicted octanol–water partition coefficient (Wildman–Crippen LogP) is 6.22. The molecule has 0 fully saturated rings. The van der Waals surface area contributed by atoms with Crippen LogP contribution < -0.4 is 10.6 Å². The molecule has 4 N–H and O–H groups in total. The van der Waals surface area contributed by atoms with Crippen molar-refractivity contribution in [1.29, 1.82) is 0 Å². The molecular formula is C31H24ClFN4O4. The topological polar surface area (TPSA) is 129 Å². The zero-order valence-corrected chi connectivity index (χ0v) is 23.0. The predicted molar refractivity (Wildman–Crippen MR) is 157 cm³/mol. The number of hydrogen-bond acceptors (Lipinski definition) is 4. The number of amides is 4. The zero-order chi connectivity index (χ0) is 29.4. The van der Waals surface area contributed by atoms with Crippen LogP contribution in [-0.2, 0) is 10.4 Å². The van der Waals surface area contributed by atoms with Crippen LogP contribution in [0.1, 0.15) is 35.3 Å². The van der Waals surface area contributed by atoms with Crippen LogP contribution in [0.25, 0.3) is 32.9 Å². The summed E-state index contributed by atoms with van der Waals surface area (Å²) < 4.78 is 14.3. The van der Waals surface area contributed by atoms with E-state index in [2.05, 4.69) is 9.98 Å². The van der Waals surface area contributed by atoms with Gasteiger partial charge in [0, 0.05) is 26.9 Å². The molecule has 1 aromatic heterocycles. The molecule has 206 valence electrons. The molecule has 0 spiro atoms. The van der Waals surface area contributed by atoms with Gasteiger partial charge in [-0.15, -0.1) is 0 Å². The minimum atomic E-state index is -1.11. The Hall–Kier alpha value is -4.60.